The van der Waals surface area contributed by atoms with Crippen LogP contribution in [0.15, 0.2) is 24.3 Å². The monoisotopic (exact) mass is 309 g/mol. The Labute approximate surface area is 134 Å². The quantitative estimate of drug-likeness (QED) is 0.846. The summed E-state index contributed by atoms with van der Waals surface area (Å²) in [5, 5.41) is 4.48. The maximum Gasteiger partial charge on any atom is 0.0586 e. The van der Waals surface area contributed by atoms with Crippen LogP contribution in [0.3, 0.4) is 0 Å². The average Bonchev–Trinajstić information content (AvgIpc) is 2.80. The number of ether oxygens (including phenoxy) is 1. The molecule has 1 fully saturated rings. The van der Waals surface area contributed by atoms with Gasteiger partial charge in [-0.25, -0.2) is 0 Å². The van der Waals surface area contributed by atoms with E-state index in [1.165, 1.54) is 12.0 Å². The van der Waals surface area contributed by atoms with Gasteiger partial charge in [-0.2, -0.15) is 0 Å². The van der Waals surface area contributed by atoms with E-state index in [0.717, 1.165) is 24.4 Å². The van der Waals surface area contributed by atoms with Gasteiger partial charge in [0.25, 0.3) is 0 Å². The van der Waals surface area contributed by atoms with Crippen molar-refractivity contribution in [3.63, 3.8) is 0 Å². The van der Waals surface area contributed by atoms with E-state index < -0.39 is 0 Å². The van der Waals surface area contributed by atoms with Crippen LogP contribution in [-0.2, 0) is 4.74 Å². The standard InChI is InChI=1S/C18H28ClNO/c1-13-9-10-15(21-13)11-14(12-20-18(2,3)4)16-7-5-6-8-17(16)19/h5-8,13-15,20H,9-12H2,1-4H3. The Bertz CT molecular complexity index is 455. The molecular formula is C18H28ClNO. The zero-order valence-corrected chi connectivity index (χ0v) is 14.4. The predicted octanol–water partition coefficient (Wildman–Crippen LogP) is 4.77. The van der Waals surface area contributed by atoms with E-state index in [0.29, 0.717) is 18.1 Å². The third-order valence-corrected chi connectivity index (χ3v) is 4.44. The summed E-state index contributed by atoms with van der Waals surface area (Å²) in [6.45, 7) is 9.69. The molecule has 0 radical (unpaired) electrons. The summed E-state index contributed by atoms with van der Waals surface area (Å²) in [5.41, 5.74) is 1.35. The Hall–Kier alpha value is -0.570. The molecule has 1 saturated heterocycles. The average molecular weight is 310 g/mol. The Balaban J connectivity index is 2.08. The van der Waals surface area contributed by atoms with Gasteiger partial charge in [-0.3, -0.25) is 0 Å². The third-order valence-electron chi connectivity index (χ3n) is 4.09. The Morgan fingerprint density at radius 2 is 2.00 bits per heavy atom. The van der Waals surface area contributed by atoms with Crippen LogP contribution in [0.4, 0.5) is 0 Å². The molecule has 2 nitrogen and oxygen atoms in total. The minimum absolute atomic E-state index is 0.114. The molecule has 21 heavy (non-hydrogen) atoms. The first-order valence-corrected chi connectivity index (χ1v) is 8.38. The van der Waals surface area contributed by atoms with E-state index >= 15 is 0 Å². The first-order valence-electron chi connectivity index (χ1n) is 8.00. The van der Waals surface area contributed by atoms with E-state index in [1.807, 2.05) is 12.1 Å². The molecule has 1 heterocycles. The molecule has 3 atom stereocenters. The van der Waals surface area contributed by atoms with Crippen LogP contribution in [0.5, 0.6) is 0 Å². The molecule has 3 unspecified atom stereocenters. The largest absolute Gasteiger partial charge is 0.375 e. The molecule has 118 valence electrons. The molecule has 1 aliphatic heterocycles. The number of halogens is 1. The van der Waals surface area contributed by atoms with Crippen LogP contribution in [0.2, 0.25) is 5.02 Å². The van der Waals surface area contributed by atoms with Gasteiger partial charge in [0.15, 0.2) is 0 Å². The van der Waals surface area contributed by atoms with Crippen LogP contribution in [0, 0.1) is 0 Å². The maximum atomic E-state index is 6.41. The highest BCUT2D eigenvalue weighted by molar-refractivity contribution is 6.31. The highest BCUT2D eigenvalue weighted by Crippen LogP contribution is 2.32. The Morgan fingerprint density at radius 3 is 2.57 bits per heavy atom. The second-order valence-corrected chi connectivity index (χ2v) is 7.64. The topological polar surface area (TPSA) is 21.3 Å². The summed E-state index contributed by atoms with van der Waals surface area (Å²) < 4.78 is 6.01. The van der Waals surface area contributed by atoms with Gasteiger partial charge < -0.3 is 10.1 Å². The van der Waals surface area contributed by atoms with Gasteiger partial charge in [0.2, 0.25) is 0 Å². The van der Waals surface area contributed by atoms with E-state index in [4.69, 9.17) is 16.3 Å². The molecule has 0 saturated carbocycles. The number of rotatable bonds is 5. The number of benzene rings is 1. The highest BCUT2D eigenvalue weighted by atomic mass is 35.5. The first kappa shape index (κ1) is 16.8. The van der Waals surface area contributed by atoms with Crippen molar-refractivity contribution in [1.29, 1.82) is 0 Å². The van der Waals surface area contributed by atoms with Crippen LogP contribution < -0.4 is 5.32 Å². The molecular weight excluding hydrogens is 282 g/mol. The molecule has 1 aromatic rings. The van der Waals surface area contributed by atoms with Crippen molar-refractivity contribution in [2.75, 3.05) is 6.54 Å². The smallest absolute Gasteiger partial charge is 0.0586 e. The van der Waals surface area contributed by atoms with Crippen LogP contribution in [0.25, 0.3) is 0 Å². The van der Waals surface area contributed by atoms with E-state index in [2.05, 4.69) is 45.1 Å². The number of nitrogens with one attached hydrogen (secondary N) is 1. The van der Waals surface area contributed by atoms with Crippen molar-refractivity contribution in [3.8, 4) is 0 Å². The molecule has 3 heteroatoms. The molecule has 0 spiro atoms. The lowest BCUT2D eigenvalue weighted by Crippen LogP contribution is -2.39. The summed E-state index contributed by atoms with van der Waals surface area (Å²) in [4.78, 5) is 0. The van der Waals surface area contributed by atoms with Crippen molar-refractivity contribution >= 4 is 11.6 Å². The summed E-state index contributed by atoms with van der Waals surface area (Å²) in [5.74, 6) is 0.397. The first-order chi connectivity index (χ1) is 9.85. The van der Waals surface area contributed by atoms with E-state index in [9.17, 15) is 0 Å². The summed E-state index contributed by atoms with van der Waals surface area (Å²) in [7, 11) is 0. The van der Waals surface area contributed by atoms with Crippen LogP contribution >= 0.6 is 11.6 Å². The Kier molecular flexibility index (Phi) is 5.70. The number of hydrogen-bond donors (Lipinski definition) is 1. The molecule has 0 bridgehead atoms. The predicted molar refractivity (Wildman–Crippen MR) is 90.1 cm³/mol. The lowest BCUT2D eigenvalue weighted by atomic mass is 9.91. The number of hydrogen-bond acceptors (Lipinski definition) is 2. The summed E-state index contributed by atoms with van der Waals surface area (Å²) in [6.07, 6.45) is 4.14. The molecule has 2 rings (SSSR count). The van der Waals surface area contributed by atoms with Crippen molar-refractivity contribution in [1.82, 2.24) is 5.32 Å². The van der Waals surface area contributed by atoms with Crippen molar-refractivity contribution in [2.24, 2.45) is 0 Å². The molecule has 1 N–H and O–H groups in total. The fourth-order valence-corrected chi connectivity index (χ4v) is 3.22. The molecule has 0 aliphatic carbocycles. The second-order valence-electron chi connectivity index (χ2n) is 7.23. The SMILES string of the molecule is CC1CCC(CC(CNC(C)(C)C)c2ccccc2Cl)O1. The van der Waals surface area contributed by atoms with Crippen LogP contribution in [-0.4, -0.2) is 24.3 Å². The normalized spacial score (nSPS) is 24.2. The van der Waals surface area contributed by atoms with Gasteiger partial charge in [0, 0.05) is 23.0 Å². The zero-order chi connectivity index (χ0) is 15.5. The summed E-state index contributed by atoms with van der Waals surface area (Å²) in [6, 6.07) is 8.20. The van der Waals surface area contributed by atoms with Gasteiger partial charge in [-0.1, -0.05) is 29.8 Å². The fraction of sp³-hybridized carbons (Fsp3) is 0.667. The molecule has 0 amide bonds. The van der Waals surface area contributed by atoms with Crippen LogP contribution in [0.1, 0.15) is 58.4 Å². The van der Waals surface area contributed by atoms with Gasteiger partial charge in [0.1, 0.15) is 0 Å². The second kappa shape index (κ2) is 7.13. The molecule has 1 aliphatic rings. The van der Waals surface area contributed by atoms with Gasteiger partial charge in [0.05, 0.1) is 12.2 Å². The van der Waals surface area contributed by atoms with Crippen molar-refractivity contribution in [2.45, 2.75) is 70.6 Å². The zero-order valence-electron chi connectivity index (χ0n) is 13.7. The summed E-state index contributed by atoms with van der Waals surface area (Å²) >= 11 is 6.41. The van der Waals surface area contributed by atoms with Crippen molar-refractivity contribution in [3.05, 3.63) is 34.9 Å². The third kappa shape index (κ3) is 5.28. The van der Waals surface area contributed by atoms with E-state index in [1.54, 1.807) is 0 Å². The highest BCUT2D eigenvalue weighted by Gasteiger charge is 2.27. The Morgan fingerprint density at radius 1 is 1.29 bits per heavy atom. The van der Waals surface area contributed by atoms with E-state index in [-0.39, 0.29) is 5.54 Å². The molecule has 1 aromatic carbocycles. The van der Waals surface area contributed by atoms with Gasteiger partial charge >= 0.3 is 0 Å². The molecule has 0 aromatic heterocycles. The maximum absolute atomic E-state index is 6.41. The lowest BCUT2D eigenvalue weighted by Gasteiger charge is -2.27. The lowest BCUT2D eigenvalue weighted by molar-refractivity contribution is 0.0462. The minimum atomic E-state index is 0.114. The van der Waals surface area contributed by atoms with Gasteiger partial charge in [-0.05, 0) is 58.6 Å². The van der Waals surface area contributed by atoms with Gasteiger partial charge in [-0.15, -0.1) is 0 Å². The minimum Gasteiger partial charge on any atom is -0.375 e. The van der Waals surface area contributed by atoms with Crippen molar-refractivity contribution < 1.29 is 4.74 Å². The fourth-order valence-electron chi connectivity index (χ4n) is 2.93.